The van der Waals surface area contributed by atoms with Crippen LogP contribution in [0.1, 0.15) is 34.6 Å². The van der Waals surface area contributed by atoms with E-state index >= 15 is 0 Å². The average Bonchev–Trinajstić information content (AvgIpc) is 2.52. The largest absolute Gasteiger partial charge is 0.465 e. The van der Waals surface area contributed by atoms with Gasteiger partial charge in [0.1, 0.15) is 0 Å². The molecule has 3 fully saturated rings. The second-order valence-corrected chi connectivity index (χ2v) is 6.70. The lowest BCUT2D eigenvalue weighted by molar-refractivity contribution is 0.00578. The van der Waals surface area contributed by atoms with Gasteiger partial charge in [0.05, 0.1) is 11.2 Å². The van der Waals surface area contributed by atoms with E-state index in [4.69, 9.17) is 14.0 Å². The van der Waals surface area contributed by atoms with Crippen LogP contribution in [0, 0.1) is 11.8 Å². The Balaban J connectivity index is 1.80. The molecular formula is C12H21BO3. The van der Waals surface area contributed by atoms with Crippen molar-refractivity contribution in [3.8, 4) is 0 Å². The van der Waals surface area contributed by atoms with Crippen molar-refractivity contribution < 1.29 is 14.0 Å². The molecule has 0 amide bonds. The predicted molar refractivity (Wildman–Crippen MR) is 62.2 cm³/mol. The van der Waals surface area contributed by atoms with E-state index in [1.165, 1.54) is 0 Å². The fraction of sp³-hybridized carbons (Fsp3) is 1.00. The van der Waals surface area contributed by atoms with Crippen LogP contribution in [0.15, 0.2) is 0 Å². The lowest BCUT2D eigenvalue weighted by Gasteiger charge is -2.32. The molecule has 1 aliphatic carbocycles. The second-order valence-electron chi connectivity index (χ2n) is 6.70. The van der Waals surface area contributed by atoms with Crippen LogP contribution in [0.4, 0.5) is 0 Å². The summed E-state index contributed by atoms with van der Waals surface area (Å²) in [5.74, 6) is 1.28. The Kier molecular flexibility index (Phi) is 1.97. The van der Waals surface area contributed by atoms with Crippen molar-refractivity contribution in [1.29, 1.82) is 0 Å². The summed E-state index contributed by atoms with van der Waals surface area (Å²) >= 11 is 0. The SMILES string of the molecule is CC1(B2OC(C)(C)C(C)(C)O2)[C@@H]2COC[C@@H]21. The zero-order chi connectivity index (χ0) is 11.8. The van der Waals surface area contributed by atoms with Crippen molar-refractivity contribution in [2.75, 3.05) is 13.2 Å². The minimum atomic E-state index is -0.210. The van der Waals surface area contributed by atoms with Gasteiger partial charge in [-0.15, -0.1) is 0 Å². The molecule has 3 atom stereocenters. The topological polar surface area (TPSA) is 27.7 Å². The van der Waals surface area contributed by atoms with Crippen molar-refractivity contribution >= 4 is 7.12 Å². The normalized spacial score (nSPS) is 48.2. The number of ether oxygens (including phenoxy) is 1. The lowest BCUT2D eigenvalue weighted by Crippen LogP contribution is -2.41. The number of fused-ring (bicyclic) bond motifs is 1. The average molecular weight is 224 g/mol. The molecule has 0 bridgehead atoms. The fourth-order valence-electron chi connectivity index (χ4n) is 3.08. The van der Waals surface area contributed by atoms with Crippen molar-refractivity contribution in [3.05, 3.63) is 0 Å². The standard InChI is InChI=1S/C12H21BO3/c1-10(2)11(3,4)16-13(15-10)12(5)8-6-14-7-9(8)12/h8-9H,6-7H2,1-5H3/t8-,9+,12?. The van der Waals surface area contributed by atoms with Crippen LogP contribution in [-0.4, -0.2) is 31.5 Å². The van der Waals surface area contributed by atoms with Crippen LogP contribution in [0.5, 0.6) is 0 Å². The molecule has 3 aliphatic rings. The van der Waals surface area contributed by atoms with E-state index in [1.807, 2.05) is 0 Å². The van der Waals surface area contributed by atoms with Crippen molar-refractivity contribution in [2.45, 2.75) is 51.1 Å². The van der Waals surface area contributed by atoms with E-state index in [0.29, 0.717) is 11.8 Å². The molecule has 4 heteroatoms. The molecule has 1 saturated carbocycles. The van der Waals surface area contributed by atoms with Gasteiger partial charge in [0.15, 0.2) is 0 Å². The first-order chi connectivity index (χ1) is 7.29. The van der Waals surface area contributed by atoms with Crippen LogP contribution in [0.25, 0.3) is 0 Å². The van der Waals surface area contributed by atoms with Gasteiger partial charge in [-0.05, 0) is 39.5 Å². The Bertz CT molecular complexity index is 300. The summed E-state index contributed by atoms with van der Waals surface area (Å²) in [7, 11) is -0.0589. The first-order valence-electron chi connectivity index (χ1n) is 6.22. The highest BCUT2D eigenvalue weighted by atomic mass is 16.7. The Morgan fingerprint density at radius 1 is 0.875 bits per heavy atom. The third-order valence-electron chi connectivity index (χ3n) is 5.33. The Hall–Kier alpha value is -0.0551. The molecule has 16 heavy (non-hydrogen) atoms. The fourth-order valence-corrected chi connectivity index (χ4v) is 3.08. The van der Waals surface area contributed by atoms with Crippen LogP contribution in [-0.2, 0) is 14.0 Å². The van der Waals surface area contributed by atoms with Crippen LogP contribution in [0.3, 0.4) is 0 Å². The molecule has 0 aromatic rings. The minimum absolute atomic E-state index is 0.0589. The van der Waals surface area contributed by atoms with Crippen molar-refractivity contribution in [3.63, 3.8) is 0 Å². The molecule has 3 rings (SSSR count). The summed E-state index contributed by atoms with van der Waals surface area (Å²) in [6.45, 7) is 12.5. The maximum absolute atomic E-state index is 6.15. The molecule has 0 radical (unpaired) electrons. The van der Waals surface area contributed by atoms with Crippen LogP contribution >= 0.6 is 0 Å². The van der Waals surface area contributed by atoms with Gasteiger partial charge in [-0.1, -0.05) is 6.92 Å². The monoisotopic (exact) mass is 224 g/mol. The van der Waals surface area contributed by atoms with Gasteiger partial charge in [0.25, 0.3) is 0 Å². The zero-order valence-corrected chi connectivity index (χ0v) is 10.9. The minimum Gasteiger partial charge on any atom is -0.403 e. The van der Waals surface area contributed by atoms with E-state index in [2.05, 4.69) is 34.6 Å². The van der Waals surface area contributed by atoms with E-state index in [1.54, 1.807) is 0 Å². The molecular weight excluding hydrogens is 203 g/mol. The van der Waals surface area contributed by atoms with Gasteiger partial charge in [-0.3, -0.25) is 0 Å². The number of hydrogen-bond donors (Lipinski definition) is 0. The molecule has 2 aliphatic heterocycles. The summed E-state index contributed by atoms with van der Waals surface area (Å²) in [6.07, 6.45) is 0. The highest BCUT2D eigenvalue weighted by Gasteiger charge is 2.74. The Labute approximate surface area is 98.0 Å². The maximum atomic E-state index is 6.15. The molecule has 3 nitrogen and oxygen atoms in total. The molecule has 0 aromatic heterocycles. The van der Waals surface area contributed by atoms with E-state index in [9.17, 15) is 0 Å². The van der Waals surface area contributed by atoms with E-state index < -0.39 is 0 Å². The lowest BCUT2D eigenvalue weighted by atomic mass is 9.66. The van der Waals surface area contributed by atoms with Gasteiger partial charge in [0.2, 0.25) is 0 Å². The van der Waals surface area contributed by atoms with Crippen LogP contribution < -0.4 is 0 Å². The number of hydrogen-bond acceptors (Lipinski definition) is 3. The second kappa shape index (κ2) is 2.85. The number of rotatable bonds is 1. The molecule has 1 unspecified atom stereocenters. The first kappa shape index (κ1) is 11.1. The van der Waals surface area contributed by atoms with Crippen molar-refractivity contribution in [1.82, 2.24) is 0 Å². The molecule has 0 spiro atoms. The molecule has 0 aromatic carbocycles. The highest BCUT2D eigenvalue weighted by Crippen LogP contribution is 2.71. The maximum Gasteiger partial charge on any atom is 0.465 e. The third kappa shape index (κ3) is 1.16. The van der Waals surface area contributed by atoms with Gasteiger partial charge in [-0.25, -0.2) is 0 Å². The molecule has 2 heterocycles. The zero-order valence-electron chi connectivity index (χ0n) is 10.9. The molecule has 2 saturated heterocycles. The molecule has 0 N–H and O–H groups in total. The van der Waals surface area contributed by atoms with E-state index in [0.717, 1.165) is 13.2 Å². The summed E-state index contributed by atoms with van der Waals surface area (Å²) in [5, 5.41) is 0.184. The predicted octanol–water partition coefficient (Wildman–Crippen LogP) is 2.12. The third-order valence-corrected chi connectivity index (χ3v) is 5.33. The summed E-state index contributed by atoms with van der Waals surface area (Å²) in [6, 6.07) is 0. The Morgan fingerprint density at radius 3 is 1.75 bits per heavy atom. The van der Waals surface area contributed by atoms with Gasteiger partial charge >= 0.3 is 7.12 Å². The highest BCUT2D eigenvalue weighted by molar-refractivity contribution is 6.51. The summed E-state index contributed by atoms with van der Waals surface area (Å²) < 4.78 is 17.8. The summed E-state index contributed by atoms with van der Waals surface area (Å²) in [4.78, 5) is 0. The summed E-state index contributed by atoms with van der Waals surface area (Å²) in [5.41, 5.74) is -0.420. The molecule has 90 valence electrons. The quantitative estimate of drug-likeness (QED) is 0.638. The smallest absolute Gasteiger partial charge is 0.403 e. The van der Waals surface area contributed by atoms with Gasteiger partial charge in [0, 0.05) is 18.5 Å². The van der Waals surface area contributed by atoms with Crippen molar-refractivity contribution in [2.24, 2.45) is 11.8 Å². The van der Waals surface area contributed by atoms with Gasteiger partial charge in [-0.2, -0.15) is 0 Å². The van der Waals surface area contributed by atoms with Crippen LogP contribution in [0.2, 0.25) is 5.31 Å². The first-order valence-corrected chi connectivity index (χ1v) is 6.22. The van der Waals surface area contributed by atoms with Gasteiger partial charge < -0.3 is 14.0 Å². The van der Waals surface area contributed by atoms with E-state index in [-0.39, 0.29) is 23.6 Å². The Morgan fingerprint density at radius 2 is 1.31 bits per heavy atom.